The van der Waals surface area contributed by atoms with Crippen molar-refractivity contribution >= 4 is 17.7 Å². The van der Waals surface area contributed by atoms with E-state index in [1.54, 1.807) is 0 Å². The Hall–Kier alpha value is -2.60. The summed E-state index contributed by atoms with van der Waals surface area (Å²) in [6.45, 7) is 3.68. The highest BCUT2D eigenvalue weighted by Gasteiger charge is 2.17. The second-order valence-corrected chi connectivity index (χ2v) is 7.00. The lowest BCUT2D eigenvalue weighted by Gasteiger charge is -2.11. The Morgan fingerprint density at radius 3 is 2.35 bits per heavy atom. The molecule has 2 aromatic carbocycles. The first kappa shape index (κ1) is 18.2. The minimum Gasteiger partial charge on any atom is -0.462 e. The fraction of sp³-hybridized carbons (Fsp3) is 0.250. The van der Waals surface area contributed by atoms with E-state index in [0.29, 0.717) is 11.6 Å². The van der Waals surface area contributed by atoms with Crippen LogP contribution in [0.15, 0.2) is 65.8 Å². The lowest BCUT2D eigenvalue weighted by atomic mass is 10.1. The second-order valence-electron chi connectivity index (χ2n) is 6.06. The molecule has 0 atom stereocenters. The number of aromatic nitrogens is 3. The van der Waals surface area contributed by atoms with Crippen LogP contribution in [-0.4, -0.2) is 32.6 Å². The molecule has 3 rings (SSSR count). The third-order valence-electron chi connectivity index (χ3n) is 3.61. The molecule has 0 spiro atoms. The van der Waals surface area contributed by atoms with Gasteiger partial charge in [0.25, 0.3) is 0 Å². The molecule has 0 aliphatic heterocycles. The Balaban J connectivity index is 1.86. The minimum atomic E-state index is -0.253. The molecule has 0 unspecified atom stereocenters. The molecule has 134 valence electrons. The van der Waals surface area contributed by atoms with Gasteiger partial charge >= 0.3 is 5.97 Å². The largest absolute Gasteiger partial charge is 0.462 e. The molecule has 0 amide bonds. The molecule has 3 aromatic rings. The van der Waals surface area contributed by atoms with E-state index in [0.717, 1.165) is 17.1 Å². The molecule has 6 heteroatoms. The average Bonchev–Trinajstić information content (AvgIpc) is 3.03. The van der Waals surface area contributed by atoms with Gasteiger partial charge < -0.3 is 4.74 Å². The SMILES string of the molecule is CC(C)OC(=O)CSc1nnc(Cc2ccccc2)n1-c1ccccc1. The molecule has 0 aliphatic carbocycles. The highest BCUT2D eigenvalue weighted by molar-refractivity contribution is 7.99. The highest BCUT2D eigenvalue weighted by Crippen LogP contribution is 2.23. The molecule has 0 N–H and O–H groups in total. The number of esters is 1. The van der Waals surface area contributed by atoms with Gasteiger partial charge in [-0.3, -0.25) is 9.36 Å². The van der Waals surface area contributed by atoms with E-state index in [4.69, 9.17) is 4.74 Å². The van der Waals surface area contributed by atoms with Gasteiger partial charge in [-0.2, -0.15) is 0 Å². The molecule has 1 aromatic heterocycles. The van der Waals surface area contributed by atoms with E-state index >= 15 is 0 Å². The zero-order valence-corrected chi connectivity index (χ0v) is 15.6. The van der Waals surface area contributed by atoms with E-state index in [1.807, 2.05) is 66.9 Å². The van der Waals surface area contributed by atoms with Crippen LogP contribution in [0.3, 0.4) is 0 Å². The lowest BCUT2D eigenvalue weighted by molar-refractivity contribution is -0.144. The standard InChI is InChI=1S/C20H21N3O2S/c1-15(2)25-19(24)14-26-20-22-21-18(13-16-9-5-3-6-10-16)23(20)17-11-7-4-8-12-17/h3-12,15H,13-14H2,1-2H3. The van der Waals surface area contributed by atoms with E-state index < -0.39 is 0 Å². The molecule has 0 radical (unpaired) electrons. The molecule has 0 aliphatic rings. The molecular weight excluding hydrogens is 346 g/mol. The third kappa shape index (κ3) is 4.73. The fourth-order valence-corrected chi connectivity index (χ4v) is 3.30. The molecule has 0 saturated heterocycles. The first-order valence-corrected chi connectivity index (χ1v) is 9.48. The Bertz CT molecular complexity index is 848. The van der Waals surface area contributed by atoms with Crippen molar-refractivity contribution in [3.8, 4) is 5.69 Å². The average molecular weight is 367 g/mol. The maximum absolute atomic E-state index is 11.9. The molecule has 5 nitrogen and oxygen atoms in total. The Morgan fingerprint density at radius 2 is 1.69 bits per heavy atom. The van der Waals surface area contributed by atoms with E-state index in [-0.39, 0.29) is 17.8 Å². The van der Waals surface area contributed by atoms with Gasteiger partial charge in [0.15, 0.2) is 5.16 Å². The summed E-state index contributed by atoms with van der Waals surface area (Å²) in [5, 5.41) is 9.36. The Labute approximate surface area is 157 Å². The number of thioether (sulfide) groups is 1. The van der Waals surface area contributed by atoms with Crippen LogP contribution >= 0.6 is 11.8 Å². The van der Waals surface area contributed by atoms with Crippen molar-refractivity contribution < 1.29 is 9.53 Å². The first-order chi connectivity index (χ1) is 12.6. The van der Waals surface area contributed by atoms with E-state index in [1.165, 1.54) is 11.8 Å². The van der Waals surface area contributed by atoms with Crippen LogP contribution in [0, 0.1) is 0 Å². The van der Waals surface area contributed by atoms with Gasteiger partial charge in [0.1, 0.15) is 5.82 Å². The highest BCUT2D eigenvalue weighted by atomic mass is 32.2. The summed E-state index contributed by atoms with van der Waals surface area (Å²) in [4.78, 5) is 11.9. The minimum absolute atomic E-state index is 0.122. The van der Waals surface area contributed by atoms with Gasteiger partial charge in [-0.25, -0.2) is 0 Å². The van der Waals surface area contributed by atoms with E-state index in [2.05, 4.69) is 22.3 Å². The van der Waals surface area contributed by atoms with Crippen molar-refractivity contribution in [3.63, 3.8) is 0 Å². The van der Waals surface area contributed by atoms with Crippen molar-refractivity contribution in [2.45, 2.75) is 31.5 Å². The summed E-state index contributed by atoms with van der Waals surface area (Å²) in [6, 6.07) is 20.1. The van der Waals surface area contributed by atoms with Gasteiger partial charge in [0.2, 0.25) is 0 Å². The predicted molar refractivity (Wildman–Crippen MR) is 103 cm³/mol. The number of nitrogens with zero attached hydrogens (tertiary/aromatic N) is 3. The molecule has 0 bridgehead atoms. The lowest BCUT2D eigenvalue weighted by Crippen LogP contribution is -2.13. The quantitative estimate of drug-likeness (QED) is 0.468. The summed E-state index contributed by atoms with van der Waals surface area (Å²) in [6.07, 6.45) is 0.545. The van der Waals surface area contributed by atoms with Crippen molar-refractivity contribution in [2.24, 2.45) is 0 Å². The molecule has 1 heterocycles. The third-order valence-corrected chi connectivity index (χ3v) is 4.51. The van der Waals surface area contributed by atoms with Crippen LogP contribution < -0.4 is 0 Å². The van der Waals surface area contributed by atoms with Crippen molar-refractivity contribution in [1.29, 1.82) is 0 Å². The summed E-state index contributed by atoms with van der Waals surface area (Å²) in [5.74, 6) is 0.786. The van der Waals surface area contributed by atoms with Crippen molar-refractivity contribution in [3.05, 3.63) is 72.1 Å². The van der Waals surface area contributed by atoms with Gasteiger partial charge in [-0.05, 0) is 31.5 Å². The number of ether oxygens (including phenoxy) is 1. The van der Waals surface area contributed by atoms with Crippen molar-refractivity contribution in [2.75, 3.05) is 5.75 Å². The summed E-state index contributed by atoms with van der Waals surface area (Å²) in [5.41, 5.74) is 2.14. The smallest absolute Gasteiger partial charge is 0.316 e. The predicted octanol–water partition coefficient (Wildman–Crippen LogP) is 3.90. The molecular formula is C20H21N3O2S. The number of rotatable bonds is 7. The van der Waals surface area contributed by atoms with Crippen LogP contribution in [-0.2, 0) is 16.0 Å². The zero-order chi connectivity index (χ0) is 18.4. The summed E-state index contributed by atoms with van der Waals surface area (Å²) >= 11 is 1.34. The normalized spacial score (nSPS) is 10.9. The molecule has 26 heavy (non-hydrogen) atoms. The maximum Gasteiger partial charge on any atom is 0.316 e. The van der Waals surface area contributed by atoms with Crippen LogP contribution in [0.2, 0.25) is 0 Å². The van der Waals surface area contributed by atoms with Crippen LogP contribution in [0.1, 0.15) is 25.2 Å². The van der Waals surface area contributed by atoms with Crippen LogP contribution in [0.4, 0.5) is 0 Å². The number of carbonyl (C=O) groups excluding carboxylic acids is 1. The number of para-hydroxylation sites is 1. The Kier molecular flexibility index (Phi) is 6.07. The number of hydrogen-bond acceptors (Lipinski definition) is 5. The van der Waals surface area contributed by atoms with Gasteiger partial charge in [-0.1, -0.05) is 60.3 Å². The van der Waals surface area contributed by atoms with E-state index in [9.17, 15) is 4.79 Å². The van der Waals surface area contributed by atoms with Crippen molar-refractivity contribution in [1.82, 2.24) is 14.8 Å². The molecule has 0 fully saturated rings. The summed E-state index contributed by atoms with van der Waals surface area (Å²) in [7, 11) is 0. The van der Waals surface area contributed by atoms with Gasteiger partial charge in [0.05, 0.1) is 11.9 Å². The zero-order valence-electron chi connectivity index (χ0n) is 14.8. The number of carbonyl (C=O) groups is 1. The van der Waals surface area contributed by atoms with Crippen LogP contribution in [0.5, 0.6) is 0 Å². The Morgan fingerprint density at radius 1 is 1.04 bits per heavy atom. The monoisotopic (exact) mass is 367 g/mol. The number of hydrogen-bond donors (Lipinski definition) is 0. The summed E-state index contributed by atoms with van der Waals surface area (Å²) < 4.78 is 7.20. The second kappa shape index (κ2) is 8.67. The van der Waals surface area contributed by atoms with Gasteiger partial charge in [-0.15, -0.1) is 10.2 Å². The number of benzene rings is 2. The fourth-order valence-electron chi connectivity index (χ4n) is 2.54. The molecule has 0 saturated carbocycles. The maximum atomic E-state index is 11.9. The topological polar surface area (TPSA) is 57.0 Å². The first-order valence-electron chi connectivity index (χ1n) is 8.49. The van der Waals surface area contributed by atoms with Crippen LogP contribution in [0.25, 0.3) is 5.69 Å². The van der Waals surface area contributed by atoms with Gasteiger partial charge in [0, 0.05) is 12.1 Å².